The molecule has 1 rings (SSSR count). The van der Waals surface area contributed by atoms with Gasteiger partial charge in [-0.25, -0.2) is 0 Å². The predicted octanol–water partition coefficient (Wildman–Crippen LogP) is -0.266. The third-order valence-electron chi connectivity index (χ3n) is 1.26. The molecule has 0 aromatic heterocycles. The van der Waals surface area contributed by atoms with Gasteiger partial charge in [0.15, 0.2) is 0 Å². The lowest BCUT2D eigenvalue weighted by Crippen LogP contribution is -2.15. The first-order chi connectivity index (χ1) is 4.43. The molecule has 0 radical (unpaired) electrons. The minimum Gasteiger partial charge on any atom is -0.384 e. The summed E-state index contributed by atoms with van der Waals surface area (Å²) in [5.41, 5.74) is 0. The van der Waals surface area contributed by atoms with Crippen molar-refractivity contribution in [1.82, 2.24) is 5.32 Å². The van der Waals surface area contributed by atoms with Gasteiger partial charge < -0.3 is 10.4 Å². The second kappa shape index (κ2) is 3.49. The van der Waals surface area contributed by atoms with Crippen LogP contribution >= 0.6 is 0 Å². The monoisotopic (exact) mass is 125 g/mol. The van der Waals surface area contributed by atoms with E-state index in [1.807, 2.05) is 0 Å². The highest BCUT2D eigenvalue weighted by Crippen LogP contribution is 2.17. The number of aliphatic hydroxyl groups is 1. The van der Waals surface area contributed by atoms with Crippen LogP contribution in [0.1, 0.15) is 12.8 Å². The van der Waals surface area contributed by atoms with E-state index in [2.05, 4.69) is 17.2 Å². The van der Waals surface area contributed by atoms with E-state index in [0.717, 1.165) is 12.6 Å². The lowest BCUT2D eigenvalue weighted by atomic mass is 10.5. The first-order valence-electron chi connectivity index (χ1n) is 3.23. The van der Waals surface area contributed by atoms with Crippen molar-refractivity contribution in [1.29, 1.82) is 0 Å². The summed E-state index contributed by atoms with van der Waals surface area (Å²) in [6.07, 6.45) is 2.58. The van der Waals surface area contributed by atoms with Crippen LogP contribution in [0.15, 0.2) is 0 Å². The van der Waals surface area contributed by atoms with E-state index in [1.165, 1.54) is 12.8 Å². The molecule has 0 saturated heterocycles. The summed E-state index contributed by atoms with van der Waals surface area (Å²) in [7, 11) is 0. The van der Waals surface area contributed by atoms with Crippen molar-refractivity contribution >= 4 is 0 Å². The Morgan fingerprint density at radius 3 is 2.78 bits per heavy atom. The van der Waals surface area contributed by atoms with Crippen molar-refractivity contribution < 1.29 is 5.11 Å². The standard InChI is InChI=1S/C7H11NO/c9-6-2-1-5-8-7-3-4-7/h7-9H,3-6H2. The summed E-state index contributed by atoms with van der Waals surface area (Å²) < 4.78 is 0. The summed E-state index contributed by atoms with van der Waals surface area (Å²) in [5, 5.41) is 11.5. The summed E-state index contributed by atoms with van der Waals surface area (Å²) in [6.45, 7) is 0.706. The highest BCUT2D eigenvalue weighted by Gasteiger charge is 2.18. The minimum atomic E-state index is -0.0215. The highest BCUT2D eigenvalue weighted by atomic mass is 16.2. The van der Waals surface area contributed by atoms with Crippen LogP contribution in [0.2, 0.25) is 0 Å². The van der Waals surface area contributed by atoms with E-state index in [-0.39, 0.29) is 6.61 Å². The maximum atomic E-state index is 8.25. The van der Waals surface area contributed by atoms with E-state index in [1.54, 1.807) is 0 Å². The van der Waals surface area contributed by atoms with Crippen LogP contribution in [0.3, 0.4) is 0 Å². The Balaban J connectivity index is 1.91. The van der Waals surface area contributed by atoms with E-state index < -0.39 is 0 Å². The second-order valence-corrected chi connectivity index (χ2v) is 2.17. The van der Waals surface area contributed by atoms with Gasteiger partial charge >= 0.3 is 0 Å². The van der Waals surface area contributed by atoms with Crippen molar-refractivity contribution in [2.75, 3.05) is 13.2 Å². The van der Waals surface area contributed by atoms with Gasteiger partial charge in [0.2, 0.25) is 0 Å². The fraction of sp³-hybridized carbons (Fsp3) is 0.714. The van der Waals surface area contributed by atoms with Crippen molar-refractivity contribution in [3.05, 3.63) is 0 Å². The zero-order valence-corrected chi connectivity index (χ0v) is 5.35. The molecule has 1 fully saturated rings. The van der Waals surface area contributed by atoms with Gasteiger partial charge in [0.25, 0.3) is 0 Å². The minimum absolute atomic E-state index is 0.0215. The summed E-state index contributed by atoms with van der Waals surface area (Å²) >= 11 is 0. The second-order valence-electron chi connectivity index (χ2n) is 2.17. The molecule has 0 aromatic carbocycles. The molecule has 0 spiro atoms. The molecule has 1 aliphatic rings. The Labute approximate surface area is 55.3 Å². The van der Waals surface area contributed by atoms with Gasteiger partial charge in [-0.15, -0.1) is 0 Å². The maximum Gasteiger partial charge on any atom is 0.104 e. The molecule has 0 heterocycles. The molecule has 50 valence electrons. The van der Waals surface area contributed by atoms with Gasteiger partial charge in [0.1, 0.15) is 6.61 Å². The zero-order chi connectivity index (χ0) is 6.53. The van der Waals surface area contributed by atoms with Crippen LogP contribution in [0.5, 0.6) is 0 Å². The van der Waals surface area contributed by atoms with Crippen LogP contribution in [-0.2, 0) is 0 Å². The Kier molecular flexibility index (Phi) is 2.56. The molecule has 1 aliphatic carbocycles. The Morgan fingerprint density at radius 2 is 2.22 bits per heavy atom. The van der Waals surface area contributed by atoms with Gasteiger partial charge in [-0.05, 0) is 12.8 Å². The van der Waals surface area contributed by atoms with Gasteiger partial charge in [0.05, 0.1) is 6.54 Å². The molecule has 0 atom stereocenters. The molecule has 0 amide bonds. The van der Waals surface area contributed by atoms with E-state index >= 15 is 0 Å². The quantitative estimate of drug-likeness (QED) is 0.498. The molecule has 9 heavy (non-hydrogen) atoms. The largest absolute Gasteiger partial charge is 0.384 e. The third-order valence-corrected chi connectivity index (χ3v) is 1.26. The number of rotatable bonds is 2. The van der Waals surface area contributed by atoms with Gasteiger partial charge in [-0.3, -0.25) is 0 Å². The Morgan fingerprint density at radius 1 is 1.44 bits per heavy atom. The van der Waals surface area contributed by atoms with Crippen LogP contribution < -0.4 is 5.32 Å². The maximum absolute atomic E-state index is 8.25. The molecule has 0 bridgehead atoms. The molecule has 0 unspecified atom stereocenters. The van der Waals surface area contributed by atoms with Gasteiger partial charge in [-0.1, -0.05) is 11.8 Å². The van der Waals surface area contributed by atoms with Crippen LogP contribution in [-0.4, -0.2) is 24.3 Å². The van der Waals surface area contributed by atoms with Crippen LogP contribution in [0.4, 0.5) is 0 Å². The molecule has 2 heteroatoms. The number of aliphatic hydroxyl groups excluding tert-OH is 1. The molecular formula is C7H11NO. The van der Waals surface area contributed by atoms with Crippen molar-refractivity contribution in [2.45, 2.75) is 18.9 Å². The summed E-state index contributed by atoms with van der Waals surface area (Å²) in [4.78, 5) is 0. The molecule has 0 aromatic rings. The topological polar surface area (TPSA) is 32.3 Å². The predicted molar refractivity (Wildman–Crippen MR) is 35.9 cm³/mol. The summed E-state index contributed by atoms with van der Waals surface area (Å²) in [6, 6.07) is 0.720. The van der Waals surface area contributed by atoms with Gasteiger partial charge in [0, 0.05) is 6.04 Å². The normalized spacial score (nSPS) is 16.6. The van der Waals surface area contributed by atoms with Crippen molar-refractivity contribution in [2.24, 2.45) is 0 Å². The third kappa shape index (κ3) is 3.12. The lowest BCUT2D eigenvalue weighted by molar-refractivity contribution is 0.350. The lowest BCUT2D eigenvalue weighted by Gasteiger charge is -1.90. The van der Waals surface area contributed by atoms with Crippen LogP contribution in [0, 0.1) is 11.8 Å². The molecule has 2 nitrogen and oxygen atoms in total. The average molecular weight is 125 g/mol. The van der Waals surface area contributed by atoms with E-state index in [4.69, 9.17) is 5.11 Å². The molecule has 2 N–H and O–H groups in total. The highest BCUT2D eigenvalue weighted by molar-refractivity contribution is 5.01. The SMILES string of the molecule is OCC#CCNC1CC1. The molecule has 0 aliphatic heterocycles. The number of nitrogens with one attached hydrogen (secondary N) is 1. The van der Waals surface area contributed by atoms with Crippen molar-refractivity contribution in [3.63, 3.8) is 0 Å². The van der Waals surface area contributed by atoms with Crippen molar-refractivity contribution in [3.8, 4) is 11.8 Å². The molecular weight excluding hydrogens is 114 g/mol. The smallest absolute Gasteiger partial charge is 0.104 e. The fourth-order valence-electron chi connectivity index (χ4n) is 0.601. The Bertz CT molecular complexity index is 130. The number of hydrogen-bond acceptors (Lipinski definition) is 2. The van der Waals surface area contributed by atoms with E-state index in [0.29, 0.717) is 0 Å². The first kappa shape index (κ1) is 6.60. The molecule has 1 saturated carbocycles. The fourth-order valence-corrected chi connectivity index (χ4v) is 0.601. The van der Waals surface area contributed by atoms with Gasteiger partial charge in [-0.2, -0.15) is 0 Å². The Hall–Kier alpha value is -0.520. The summed E-state index contributed by atoms with van der Waals surface area (Å²) in [5.74, 6) is 5.37. The average Bonchev–Trinajstić information content (AvgIpc) is 2.63. The first-order valence-corrected chi connectivity index (χ1v) is 3.23. The number of hydrogen-bond donors (Lipinski definition) is 2. The van der Waals surface area contributed by atoms with Crippen LogP contribution in [0.25, 0.3) is 0 Å². The van der Waals surface area contributed by atoms with E-state index in [9.17, 15) is 0 Å². The zero-order valence-electron chi connectivity index (χ0n) is 5.35.